The van der Waals surface area contributed by atoms with Crippen molar-refractivity contribution in [3.8, 4) is 11.1 Å². The van der Waals surface area contributed by atoms with E-state index in [1.165, 1.54) is 4.31 Å². The molecule has 1 saturated heterocycles. The average Bonchev–Trinajstić information content (AvgIpc) is 2.58. The Morgan fingerprint density at radius 1 is 1.00 bits per heavy atom. The Kier molecular flexibility index (Phi) is 4.94. The zero-order valence-corrected chi connectivity index (χ0v) is 14.6. The quantitative estimate of drug-likeness (QED) is 0.901. The summed E-state index contributed by atoms with van der Waals surface area (Å²) in [5.41, 5.74) is 1.45. The Morgan fingerprint density at radius 2 is 1.70 bits per heavy atom. The molecule has 122 valence electrons. The highest BCUT2D eigenvalue weighted by Gasteiger charge is 2.26. The molecule has 0 aromatic heterocycles. The van der Waals surface area contributed by atoms with E-state index in [-0.39, 0.29) is 4.90 Å². The van der Waals surface area contributed by atoms with Gasteiger partial charge in [-0.2, -0.15) is 4.31 Å². The van der Waals surface area contributed by atoms with Gasteiger partial charge in [0.05, 0.1) is 14.9 Å². The van der Waals surface area contributed by atoms with Crippen LogP contribution < -0.4 is 5.32 Å². The van der Waals surface area contributed by atoms with E-state index in [0.29, 0.717) is 36.2 Å². The lowest BCUT2D eigenvalue weighted by atomic mass is 10.1. The summed E-state index contributed by atoms with van der Waals surface area (Å²) in [6.45, 7) is 2.28. The molecule has 1 aliphatic rings. The van der Waals surface area contributed by atoms with E-state index in [1.54, 1.807) is 30.3 Å². The molecule has 7 heteroatoms. The van der Waals surface area contributed by atoms with Crippen LogP contribution in [0, 0.1) is 0 Å². The van der Waals surface area contributed by atoms with Gasteiger partial charge in [0.1, 0.15) is 0 Å². The van der Waals surface area contributed by atoms with Gasteiger partial charge in [-0.05, 0) is 23.8 Å². The van der Waals surface area contributed by atoms with Crippen molar-refractivity contribution in [3.63, 3.8) is 0 Å². The van der Waals surface area contributed by atoms with Gasteiger partial charge in [0.15, 0.2) is 0 Å². The molecule has 0 unspecified atom stereocenters. The Balaban J connectivity index is 2.01. The van der Waals surface area contributed by atoms with E-state index in [9.17, 15) is 8.42 Å². The number of nitrogens with one attached hydrogen (secondary N) is 1. The SMILES string of the molecule is O=S(=O)(c1cccc(-c2cccc(Cl)c2Cl)c1)N1CCNCC1. The van der Waals surface area contributed by atoms with Crippen LogP contribution in [0.15, 0.2) is 47.4 Å². The summed E-state index contributed by atoms with van der Waals surface area (Å²) in [6.07, 6.45) is 0. The monoisotopic (exact) mass is 370 g/mol. The number of rotatable bonds is 3. The van der Waals surface area contributed by atoms with Crippen molar-refractivity contribution in [1.82, 2.24) is 9.62 Å². The number of hydrogen-bond acceptors (Lipinski definition) is 3. The van der Waals surface area contributed by atoms with Gasteiger partial charge >= 0.3 is 0 Å². The maximum atomic E-state index is 12.8. The van der Waals surface area contributed by atoms with E-state index < -0.39 is 10.0 Å². The van der Waals surface area contributed by atoms with Crippen LogP contribution in [-0.4, -0.2) is 38.9 Å². The Labute approximate surface area is 146 Å². The first-order valence-corrected chi connectivity index (χ1v) is 9.45. The summed E-state index contributed by atoms with van der Waals surface area (Å²) in [6, 6.07) is 12.1. The largest absolute Gasteiger partial charge is 0.314 e. The number of nitrogens with zero attached hydrogens (tertiary/aromatic N) is 1. The zero-order valence-electron chi connectivity index (χ0n) is 12.3. The lowest BCUT2D eigenvalue weighted by molar-refractivity contribution is 0.360. The maximum absolute atomic E-state index is 12.8. The normalized spacial score (nSPS) is 16.4. The van der Waals surface area contributed by atoms with Crippen molar-refractivity contribution in [1.29, 1.82) is 0 Å². The first-order chi connectivity index (χ1) is 11.0. The van der Waals surface area contributed by atoms with Crippen LogP contribution in [0.1, 0.15) is 0 Å². The third-order valence-corrected chi connectivity index (χ3v) is 6.52. The summed E-state index contributed by atoms with van der Waals surface area (Å²) in [4.78, 5) is 0.271. The van der Waals surface area contributed by atoms with E-state index in [0.717, 1.165) is 11.1 Å². The Morgan fingerprint density at radius 3 is 2.43 bits per heavy atom. The fourth-order valence-electron chi connectivity index (χ4n) is 2.58. The van der Waals surface area contributed by atoms with Gasteiger partial charge in [-0.1, -0.05) is 47.5 Å². The molecule has 1 N–H and O–H groups in total. The molecule has 0 saturated carbocycles. The van der Waals surface area contributed by atoms with Crippen LogP contribution in [0.2, 0.25) is 10.0 Å². The molecular formula is C16H16Cl2N2O2S. The number of benzene rings is 2. The number of sulfonamides is 1. The van der Waals surface area contributed by atoms with Gasteiger partial charge < -0.3 is 5.32 Å². The first kappa shape index (κ1) is 16.7. The predicted octanol–water partition coefficient (Wildman–Crippen LogP) is 3.25. The van der Waals surface area contributed by atoms with Gasteiger partial charge in [-0.25, -0.2) is 8.42 Å². The molecule has 0 aliphatic carbocycles. The van der Waals surface area contributed by atoms with Crippen molar-refractivity contribution < 1.29 is 8.42 Å². The zero-order chi connectivity index (χ0) is 16.4. The van der Waals surface area contributed by atoms with Crippen molar-refractivity contribution in [2.45, 2.75) is 4.90 Å². The molecular weight excluding hydrogens is 355 g/mol. The molecule has 0 spiro atoms. The summed E-state index contributed by atoms with van der Waals surface area (Å²) in [5.74, 6) is 0. The molecule has 2 aromatic rings. The lowest BCUT2D eigenvalue weighted by Gasteiger charge is -2.26. The molecule has 1 fully saturated rings. The minimum absolute atomic E-state index is 0.271. The fourth-order valence-corrected chi connectivity index (χ4v) is 4.48. The third kappa shape index (κ3) is 3.39. The van der Waals surface area contributed by atoms with E-state index in [1.807, 2.05) is 12.1 Å². The predicted molar refractivity (Wildman–Crippen MR) is 93.5 cm³/mol. The van der Waals surface area contributed by atoms with Crippen LogP contribution in [-0.2, 0) is 10.0 Å². The second kappa shape index (κ2) is 6.79. The minimum Gasteiger partial charge on any atom is -0.314 e. The highest BCUT2D eigenvalue weighted by molar-refractivity contribution is 7.89. The van der Waals surface area contributed by atoms with Crippen LogP contribution in [0.4, 0.5) is 0 Å². The topological polar surface area (TPSA) is 49.4 Å². The lowest BCUT2D eigenvalue weighted by Crippen LogP contribution is -2.46. The summed E-state index contributed by atoms with van der Waals surface area (Å²) in [5, 5.41) is 4.02. The van der Waals surface area contributed by atoms with Crippen LogP contribution in [0.5, 0.6) is 0 Å². The van der Waals surface area contributed by atoms with Gasteiger partial charge in [0, 0.05) is 31.7 Å². The van der Waals surface area contributed by atoms with Gasteiger partial charge in [0.2, 0.25) is 10.0 Å². The second-order valence-corrected chi connectivity index (χ2v) is 8.01. The molecule has 0 radical (unpaired) electrons. The molecule has 23 heavy (non-hydrogen) atoms. The van der Waals surface area contributed by atoms with E-state index in [2.05, 4.69) is 5.32 Å². The highest BCUT2D eigenvalue weighted by atomic mass is 35.5. The molecule has 1 heterocycles. The van der Waals surface area contributed by atoms with Gasteiger partial charge in [-0.3, -0.25) is 0 Å². The van der Waals surface area contributed by atoms with Gasteiger partial charge in [-0.15, -0.1) is 0 Å². The fraction of sp³-hybridized carbons (Fsp3) is 0.250. The molecule has 4 nitrogen and oxygen atoms in total. The number of piperazine rings is 1. The smallest absolute Gasteiger partial charge is 0.243 e. The summed E-state index contributed by atoms with van der Waals surface area (Å²) < 4.78 is 27.0. The summed E-state index contributed by atoms with van der Waals surface area (Å²) >= 11 is 12.3. The maximum Gasteiger partial charge on any atom is 0.243 e. The van der Waals surface area contributed by atoms with Crippen molar-refractivity contribution >= 4 is 33.2 Å². The Bertz CT molecular complexity index is 819. The molecule has 0 bridgehead atoms. The van der Waals surface area contributed by atoms with Crippen molar-refractivity contribution in [2.24, 2.45) is 0 Å². The van der Waals surface area contributed by atoms with Crippen LogP contribution >= 0.6 is 23.2 Å². The first-order valence-electron chi connectivity index (χ1n) is 7.25. The summed E-state index contributed by atoms with van der Waals surface area (Å²) in [7, 11) is -3.50. The van der Waals surface area contributed by atoms with E-state index >= 15 is 0 Å². The van der Waals surface area contributed by atoms with E-state index in [4.69, 9.17) is 23.2 Å². The third-order valence-electron chi connectivity index (χ3n) is 3.81. The van der Waals surface area contributed by atoms with Crippen LogP contribution in [0.25, 0.3) is 11.1 Å². The Hall–Kier alpha value is -1.11. The molecule has 0 amide bonds. The van der Waals surface area contributed by atoms with Crippen LogP contribution in [0.3, 0.4) is 0 Å². The minimum atomic E-state index is -3.50. The molecule has 2 aromatic carbocycles. The molecule has 1 aliphatic heterocycles. The highest BCUT2D eigenvalue weighted by Crippen LogP contribution is 2.34. The van der Waals surface area contributed by atoms with Crippen molar-refractivity contribution in [2.75, 3.05) is 26.2 Å². The second-order valence-electron chi connectivity index (χ2n) is 5.28. The number of halogens is 2. The standard InChI is InChI=1S/C16H16Cl2N2O2S/c17-15-6-2-5-14(16(15)18)12-3-1-4-13(11-12)23(21,22)20-9-7-19-8-10-20/h1-6,11,19H,7-10H2. The molecule has 3 rings (SSSR count). The van der Waals surface area contributed by atoms with Gasteiger partial charge in [0.25, 0.3) is 0 Å². The molecule has 0 atom stereocenters. The average molecular weight is 371 g/mol. The van der Waals surface area contributed by atoms with Crippen molar-refractivity contribution in [3.05, 3.63) is 52.5 Å². The number of hydrogen-bond donors (Lipinski definition) is 1.